The van der Waals surface area contributed by atoms with E-state index >= 15 is 0 Å². The average Bonchev–Trinajstić information content (AvgIpc) is 1.35. The molecule has 0 radical (unpaired) electrons. The Labute approximate surface area is 45.1 Å². The molecular formula is HClO3S2. The Kier molecular flexibility index (Phi) is 2.23. The number of hydrogen-bond donors (Lipinski definition) is 1. The molecule has 0 aliphatic heterocycles. The summed E-state index contributed by atoms with van der Waals surface area (Å²) in [5.41, 5.74) is 0. The van der Waals surface area contributed by atoms with E-state index in [-0.39, 0.29) is 0 Å². The molecule has 0 aliphatic carbocycles. The first-order valence-corrected chi connectivity index (χ1v) is 3.51. The van der Waals surface area contributed by atoms with E-state index in [0.29, 0.717) is 0 Å². The lowest BCUT2D eigenvalue weighted by atomic mass is 15.8. The van der Waals surface area contributed by atoms with Crippen LogP contribution in [0.5, 0.6) is 0 Å². The van der Waals surface area contributed by atoms with E-state index in [1.54, 1.807) is 0 Å². The fraction of sp³-hybridized carbons (Fsp3) is 0. The third-order valence-corrected chi connectivity index (χ3v) is 1.18. The van der Waals surface area contributed by atoms with Crippen molar-refractivity contribution < 1.29 is 12.5 Å². The zero-order chi connectivity index (χ0) is 5.21. The molecule has 0 aromatic carbocycles. The van der Waals surface area contributed by atoms with E-state index in [0.717, 1.165) is 0 Å². The summed E-state index contributed by atoms with van der Waals surface area (Å²) < 4.78 is 20.7. The highest BCUT2D eigenvalue weighted by molar-refractivity contribution is 8.27. The zero-order valence-electron chi connectivity index (χ0n) is 2.46. The molecule has 1 unspecified atom stereocenters. The van der Waals surface area contributed by atoms with E-state index < -0.39 is 9.05 Å². The summed E-state index contributed by atoms with van der Waals surface area (Å²) in [6, 6.07) is 0. The molecule has 0 amide bonds. The van der Waals surface area contributed by atoms with E-state index in [1.807, 2.05) is 0 Å². The lowest BCUT2D eigenvalue weighted by Gasteiger charge is -1.82. The van der Waals surface area contributed by atoms with Crippen LogP contribution in [0.4, 0.5) is 0 Å². The van der Waals surface area contributed by atoms with Gasteiger partial charge in [-0.1, -0.05) is 0 Å². The quantitative estimate of drug-likeness (QED) is 0.581. The number of halogens is 1. The van der Waals surface area contributed by atoms with Gasteiger partial charge in [-0.05, 0) is 0 Å². The van der Waals surface area contributed by atoms with Crippen LogP contribution in [0.1, 0.15) is 0 Å². The summed E-state index contributed by atoms with van der Waals surface area (Å²) in [5, 5.41) is 0. The van der Waals surface area contributed by atoms with Crippen molar-refractivity contribution in [3.05, 3.63) is 0 Å². The van der Waals surface area contributed by atoms with Gasteiger partial charge in [0, 0.05) is 11.2 Å². The van der Waals surface area contributed by atoms with Gasteiger partial charge in [-0.2, -0.15) is 7.94 Å². The fourth-order valence-electron chi connectivity index (χ4n) is 0. The maximum Gasteiger partial charge on any atom is 0.282 e. The molecule has 0 rings (SSSR count). The predicted molar refractivity (Wildman–Crippen MR) is 25.1 cm³/mol. The van der Waals surface area contributed by atoms with Crippen molar-refractivity contribution in [2.75, 3.05) is 0 Å². The van der Waals surface area contributed by atoms with Gasteiger partial charge in [-0.25, -0.2) is 0 Å². The van der Waals surface area contributed by atoms with Gasteiger partial charge in [-0.3, -0.25) is 4.55 Å². The van der Waals surface area contributed by atoms with Gasteiger partial charge in [0.1, 0.15) is 0 Å². The third kappa shape index (κ3) is 4.58. The Balaban J connectivity index is 3.85. The van der Waals surface area contributed by atoms with Crippen LogP contribution in [0.2, 0.25) is 0 Å². The minimum absolute atomic E-state index is 3.31. The molecule has 1 atom stereocenters. The van der Waals surface area contributed by atoms with Crippen LogP contribution in [0.3, 0.4) is 0 Å². The predicted octanol–water partition coefficient (Wildman–Crippen LogP) is 0.291. The molecule has 0 saturated carbocycles. The molecule has 0 aromatic rings. The average molecular weight is 149 g/mol. The molecule has 3 nitrogen and oxygen atoms in total. The number of rotatable bonds is 1. The highest BCUT2D eigenvalue weighted by atomic mass is 35.5. The van der Waals surface area contributed by atoms with Gasteiger partial charge in [0.2, 0.25) is 0 Å². The van der Waals surface area contributed by atoms with Gasteiger partial charge in [0.25, 0.3) is 9.05 Å². The van der Waals surface area contributed by atoms with Crippen LogP contribution in [0, 0.1) is 0 Å². The summed E-state index contributed by atoms with van der Waals surface area (Å²) in [6.45, 7) is 0. The second-order valence-corrected chi connectivity index (χ2v) is 3.11. The van der Waals surface area contributed by atoms with Crippen LogP contribution < -0.4 is 0 Å². The molecule has 0 bridgehead atoms. The first-order chi connectivity index (χ1) is 2.56. The van der Waals surface area contributed by atoms with Crippen molar-refractivity contribution in [2.24, 2.45) is 0 Å². The van der Waals surface area contributed by atoms with E-state index in [1.165, 1.54) is 0 Å². The minimum Gasteiger partial charge on any atom is -0.284 e. The van der Waals surface area contributed by atoms with Gasteiger partial charge >= 0.3 is 0 Å². The highest BCUT2D eigenvalue weighted by Gasteiger charge is 1.91. The molecule has 0 spiro atoms. The van der Waals surface area contributed by atoms with Crippen molar-refractivity contribution in [1.82, 2.24) is 0 Å². The molecule has 6 heavy (non-hydrogen) atoms. The van der Waals surface area contributed by atoms with E-state index in [2.05, 4.69) is 26.8 Å². The second kappa shape index (κ2) is 2.04. The van der Waals surface area contributed by atoms with Crippen molar-refractivity contribution in [3.8, 4) is 0 Å². The van der Waals surface area contributed by atoms with Crippen LogP contribution >= 0.6 is 11.9 Å². The normalized spacial score (nSPS) is 19.7. The summed E-state index contributed by atoms with van der Waals surface area (Å²) in [4.78, 5) is 0. The SMILES string of the molecule is O=S(O)(=S)OCl. The smallest absolute Gasteiger partial charge is 0.282 e. The Bertz CT molecular complexity index is 111. The molecular weight excluding hydrogens is 148 g/mol. The molecule has 0 saturated heterocycles. The molecule has 0 aromatic heterocycles. The molecule has 0 fully saturated rings. The first-order valence-electron chi connectivity index (χ1n) is 0.837. The summed E-state index contributed by atoms with van der Waals surface area (Å²) >= 11 is 8.06. The Morgan fingerprint density at radius 2 is 2.17 bits per heavy atom. The monoisotopic (exact) mass is 148 g/mol. The van der Waals surface area contributed by atoms with Crippen molar-refractivity contribution in [1.29, 1.82) is 0 Å². The van der Waals surface area contributed by atoms with Gasteiger partial charge < -0.3 is 0 Å². The minimum atomic E-state index is -3.56. The van der Waals surface area contributed by atoms with Crippen LogP contribution in [-0.2, 0) is 24.0 Å². The molecule has 38 valence electrons. The third-order valence-electron chi connectivity index (χ3n) is 0.0796. The Morgan fingerprint density at radius 1 is 2.00 bits per heavy atom. The summed E-state index contributed by atoms with van der Waals surface area (Å²) in [5.74, 6) is 0. The topological polar surface area (TPSA) is 46.5 Å². The van der Waals surface area contributed by atoms with Gasteiger partial charge in [0.15, 0.2) is 0 Å². The van der Waals surface area contributed by atoms with Crippen molar-refractivity contribution in [2.45, 2.75) is 0 Å². The van der Waals surface area contributed by atoms with Crippen LogP contribution in [0.25, 0.3) is 0 Å². The number of hydrogen-bond acceptors (Lipinski definition) is 3. The maximum absolute atomic E-state index is 9.57. The van der Waals surface area contributed by atoms with Crippen molar-refractivity contribution in [3.63, 3.8) is 0 Å². The maximum atomic E-state index is 9.57. The van der Waals surface area contributed by atoms with Crippen molar-refractivity contribution >= 4 is 32.1 Å². The summed E-state index contributed by atoms with van der Waals surface area (Å²) in [6.07, 6.45) is 0. The van der Waals surface area contributed by atoms with Gasteiger partial charge in [-0.15, -0.1) is 0 Å². The Hall–Kier alpha value is 0.580. The standard InChI is InChI=1S/ClHO3S2/c1-4-6(2,3)5/h(H,2,3,5). The van der Waals surface area contributed by atoms with Crippen LogP contribution in [-0.4, -0.2) is 8.76 Å². The summed E-state index contributed by atoms with van der Waals surface area (Å²) in [7, 11) is -3.56. The largest absolute Gasteiger partial charge is 0.284 e. The Morgan fingerprint density at radius 3 is 2.17 bits per heavy atom. The van der Waals surface area contributed by atoms with Gasteiger partial charge in [0.05, 0.1) is 11.9 Å². The zero-order valence-corrected chi connectivity index (χ0v) is 4.85. The fourth-order valence-corrected chi connectivity index (χ4v) is 0. The highest BCUT2D eigenvalue weighted by Crippen LogP contribution is 1.87. The van der Waals surface area contributed by atoms with E-state index in [9.17, 15) is 4.21 Å². The molecule has 6 heteroatoms. The van der Waals surface area contributed by atoms with Crippen LogP contribution in [0.15, 0.2) is 0 Å². The molecule has 0 heterocycles. The molecule has 1 N–H and O–H groups in total. The lowest BCUT2D eigenvalue weighted by Crippen LogP contribution is -1.90. The second-order valence-electron chi connectivity index (χ2n) is 0.491. The lowest BCUT2D eigenvalue weighted by molar-refractivity contribution is 0.474. The molecule has 0 aliphatic rings. The van der Waals surface area contributed by atoms with E-state index in [4.69, 9.17) is 4.55 Å². The first kappa shape index (κ1) is 6.58.